The van der Waals surface area contributed by atoms with E-state index in [1.165, 1.54) is 31.2 Å². The molecule has 1 atom stereocenters. The van der Waals surface area contributed by atoms with Gasteiger partial charge in [-0.2, -0.15) is 0 Å². The first-order chi connectivity index (χ1) is 9.74. The fraction of sp³-hybridized carbons (Fsp3) is 0.611. The maximum atomic E-state index is 11.5. The lowest BCUT2D eigenvalue weighted by Crippen LogP contribution is -2.28. The van der Waals surface area contributed by atoms with E-state index in [2.05, 4.69) is 31.3 Å². The highest BCUT2D eigenvalue weighted by molar-refractivity contribution is 5.78. The second-order valence-corrected chi connectivity index (χ2v) is 5.63. The Hall–Kier alpha value is -1.31. The first-order valence-electron chi connectivity index (χ1n) is 8.03. The Morgan fingerprint density at radius 3 is 2.50 bits per heavy atom. The molecule has 1 saturated heterocycles. The minimum Gasteiger partial charge on any atom is -0.356 e. The van der Waals surface area contributed by atoms with Gasteiger partial charge in [0.15, 0.2) is 0 Å². The molecule has 20 heavy (non-hydrogen) atoms. The minimum atomic E-state index is 0.300. The zero-order valence-electron chi connectivity index (χ0n) is 13.0. The highest BCUT2D eigenvalue weighted by Gasteiger charge is 2.19. The van der Waals surface area contributed by atoms with Gasteiger partial charge in [-0.15, -0.1) is 0 Å². The number of carbonyl (C=O) groups excluding carboxylic acids is 1. The van der Waals surface area contributed by atoms with Gasteiger partial charge in [0.05, 0.1) is 0 Å². The molecule has 112 valence electrons. The Bertz CT molecular complexity index is 361. The molecule has 0 bridgehead atoms. The summed E-state index contributed by atoms with van der Waals surface area (Å²) in [6.07, 6.45) is 8.31. The Balaban J connectivity index is 0.000000240. The molecule has 0 aromatic heterocycles. The molecule has 1 heterocycles. The van der Waals surface area contributed by atoms with Crippen molar-refractivity contribution in [2.45, 2.75) is 58.8 Å². The normalized spacial score (nSPS) is 18.5. The molecule has 0 aliphatic carbocycles. The maximum Gasteiger partial charge on any atom is 0.223 e. The van der Waals surface area contributed by atoms with E-state index in [1.54, 1.807) is 0 Å². The van der Waals surface area contributed by atoms with Crippen molar-refractivity contribution in [3.05, 3.63) is 35.9 Å². The number of aryl methyl sites for hydroxylation is 1. The summed E-state index contributed by atoms with van der Waals surface area (Å²) in [6, 6.07) is 10.3. The van der Waals surface area contributed by atoms with Crippen LogP contribution in [0.25, 0.3) is 0 Å². The van der Waals surface area contributed by atoms with E-state index in [9.17, 15) is 4.79 Å². The van der Waals surface area contributed by atoms with Crippen molar-refractivity contribution < 1.29 is 4.79 Å². The van der Waals surface area contributed by atoms with E-state index in [-0.39, 0.29) is 0 Å². The molecular formula is C18H29NO. The van der Waals surface area contributed by atoms with Gasteiger partial charge in [-0.3, -0.25) is 4.79 Å². The predicted octanol–water partition coefficient (Wildman–Crippen LogP) is 4.48. The zero-order chi connectivity index (χ0) is 14.6. The predicted molar refractivity (Wildman–Crippen MR) is 85.7 cm³/mol. The van der Waals surface area contributed by atoms with E-state index in [4.69, 9.17) is 0 Å². The van der Waals surface area contributed by atoms with E-state index in [0.717, 1.165) is 25.8 Å². The lowest BCUT2D eigenvalue weighted by Gasteiger charge is -2.11. The summed E-state index contributed by atoms with van der Waals surface area (Å²) in [5, 5.41) is 2.98. The van der Waals surface area contributed by atoms with Crippen molar-refractivity contribution in [2.24, 2.45) is 5.92 Å². The number of carbonyl (C=O) groups is 1. The van der Waals surface area contributed by atoms with E-state index in [0.29, 0.717) is 11.8 Å². The van der Waals surface area contributed by atoms with Crippen LogP contribution in [-0.4, -0.2) is 12.5 Å². The standard InChI is InChI=1S/C11H21NO.C7H8/c1-2-3-4-7-10-8-5-6-9-12-11(10)13;1-7-5-3-2-4-6-7/h10H,2-9H2,1H3,(H,12,13);2-6H,1H3. The van der Waals surface area contributed by atoms with Crippen molar-refractivity contribution in [1.82, 2.24) is 5.32 Å². The summed E-state index contributed by atoms with van der Waals surface area (Å²) < 4.78 is 0. The van der Waals surface area contributed by atoms with Crippen molar-refractivity contribution >= 4 is 5.91 Å². The highest BCUT2D eigenvalue weighted by atomic mass is 16.1. The van der Waals surface area contributed by atoms with E-state index >= 15 is 0 Å². The lowest BCUT2D eigenvalue weighted by atomic mass is 9.96. The summed E-state index contributed by atoms with van der Waals surface area (Å²) in [7, 11) is 0. The summed E-state index contributed by atoms with van der Waals surface area (Å²) in [6.45, 7) is 5.18. The summed E-state index contributed by atoms with van der Waals surface area (Å²) >= 11 is 0. The largest absolute Gasteiger partial charge is 0.356 e. The fourth-order valence-corrected chi connectivity index (χ4v) is 2.45. The van der Waals surface area contributed by atoms with Crippen LogP contribution >= 0.6 is 0 Å². The smallest absolute Gasteiger partial charge is 0.223 e. The molecule has 2 rings (SSSR count). The molecule has 0 spiro atoms. The van der Waals surface area contributed by atoms with Crippen LogP contribution in [0.4, 0.5) is 0 Å². The quantitative estimate of drug-likeness (QED) is 0.807. The van der Waals surface area contributed by atoms with Crippen molar-refractivity contribution in [3.8, 4) is 0 Å². The molecule has 1 aliphatic rings. The van der Waals surface area contributed by atoms with Gasteiger partial charge in [0.1, 0.15) is 0 Å². The van der Waals surface area contributed by atoms with Crippen LogP contribution in [0.15, 0.2) is 30.3 Å². The molecule has 0 saturated carbocycles. The third-order valence-corrected chi connectivity index (χ3v) is 3.75. The van der Waals surface area contributed by atoms with Crippen molar-refractivity contribution in [1.29, 1.82) is 0 Å². The first-order valence-corrected chi connectivity index (χ1v) is 8.03. The van der Waals surface area contributed by atoms with Crippen LogP contribution < -0.4 is 5.32 Å². The molecule has 1 unspecified atom stereocenters. The number of amides is 1. The highest BCUT2D eigenvalue weighted by Crippen LogP contribution is 2.18. The second kappa shape index (κ2) is 10.5. The molecule has 1 N–H and O–H groups in total. The molecule has 1 amide bonds. The number of hydrogen-bond donors (Lipinski definition) is 1. The average Bonchev–Trinajstić information content (AvgIpc) is 2.66. The third kappa shape index (κ3) is 7.32. The van der Waals surface area contributed by atoms with Crippen LogP contribution in [0, 0.1) is 12.8 Å². The van der Waals surface area contributed by atoms with Crippen LogP contribution in [0.1, 0.15) is 57.4 Å². The topological polar surface area (TPSA) is 29.1 Å². The number of unbranched alkanes of at least 4 members (excludes halogenated alkanes) is 2. The van der Waals surface area contributed by atoms with Gasteiger partial charge in [0, 0.05) is 12.5 Å². The summed E-state index contributed by atoms with van der Waals surface area (Å²) in [5.41, 5.74) is 1.32. The first kappa shape index (κ1) is 16.7. The molecule has 2 heteroatoms. The van der Waals surface area contributed by atoms with Gasteiger partial charge in [-0.1, -0.05) is 68.5 Å². The molecule has 1 aromatic carbocycles. The number of hydrogen-bond acceptors (Lipinski definition) is 1. The SMILES string of the molecule is CCCCCC1CCCCNC1=O.Cc1ccccc1. The van der Waals surface area contributed by atoms with Gasteiger partial charge < -0.3 is 5.32 Å². The van der Waals surface area contributed by atoms with Gasteiger partial charge in [0.2, 0.25) is 5.91 Å². The molecule has 2 nitrogen and oxygen atoms in total. The monoisotopic (exact) mass is 275 g/mol. The van der Waals surface area contributed by atoms with Gasteiger partial charge >= 0.3 is 0 Å². The average molecular weight is 275 g/mol. The molecule has 0 radical (unpaired) electrons. The van der Waals surface area contributed by atoms with Crippen LogP contribution in [0.5, 0.6) is 0 Å². The molecule has 1 aliphatic heterocycles. The summed E-state index contributed by atoms with van der Waals surface area (Å²) in [4.78, 5) is 11.5. The molecular weight excluding hydrogens is 246 g/mol. The Labute approximate surface area is 124 Å². The number of nitrogens with one attached hydrogen (secondary N) is 1. The number of benzene rings is 1. The maximum absolute atomic E-state index is 11.5. The van der Waals surface area contributed by atoms with Crippen molar-refractivity contribution in [2.75, 3.05) is 6.54 Å². The van der Waals surface area contributed by atoms with Crippen molar-refractivity contribution in [3.63, 3.8) is 0 Å². The van der Waals surface area contributed by atoms with Gasteiger partial charge in [-0.25, -0.2) is 0 Å². The Morgan fingerprint density at radius 2 is 1.90 bits per heavy atom. The molecule has 1 fully saturated rings. The zero-order valence-corrected chi connectivity index (χ0v) is 13.0. The van der Waals surface area contributed by atoms with E-state index < -0.39 is 0 Å². The van der Waals surface area contributed by atoms with Crippen LogP contribution in [-0.2, 0) is 4.79 Å². The lowest BCUT2D eigenvalue weighted by molar-refractivity contribution is -0.124. The van der Waals surface area contributed by atoms with Gasteiger partial charge in [-0.05, 0) is 26.2 Å². The van der Waals surface area contributed by atoms with Gasteiger partial charge in [0.25, 0.3) is 0 Å². The van der Waals surface area contributed by atoms with Crippen LogP contribution in [0.2, 0.25) is 0 Å². The third-order valence-electron chi connectivity index (χ3n) is 3.75. The molecule has 1 aromatic rings. The Kier molecular flexibility index (Phi) is 8.77. The second-order valence-electron chi connectivity index (χ2n) is 5.63. The Morgan fingerprint density at radius 1 is 1.15 bits per heavy atom. The number of rotatable bonds is 4. The fourth-order valence-electron chi connectivity index (χ4n) is 2.45. The minimum absolute atomic E-state index is 0.300. The van der Waals surface area contributed by atoms with Crippen LogP contribution in [0.3, 0.4) is 0 Å². The van der Waals surface area contributed by atoms with E-state index in [1.807, 2.05) is 18.2 Å². The summed E-state index contributed by atoms with van der Waals surface area (Å²) in [5.74, 6) is 0.614.